The predicted molar refractivity (Wildman–Crippen MR) is 64.1 cm³/mol. The highest BCUT2D eigenvalue weighted by Gasteiger charge is 2.01. The molecule has 0 spiro atoms. The van der Waals surface area contributed by atoms with E-state index in [1.807, 2.05) is 18.3 Å². The molecule has 0 radical (unpaired) electrons. The van der Waals surface area contributed by atoms with E-state index in [4.69, 9.17) is 11.6 Å². The van der Waals surface area contributed by atoms with Gasteiger partial charge in [-0.05, 0) is 17.7 Å². The number of nitrogens with zero attached hydrogens (tertiary/aromatic N) is 1. The third-order valence-corrected chi connectivity index (χ3v) is 3.40. The fourth-order valence-corrected chi connectivity index (χ4v) is 2.67. The average molecular weight is 289 g/mol. The fraction of sp³-hybridized carbons (Fsp3) is 0.100. The van der Waals surface area contributed by atoms with Crippen LogP contribution in [-0.4, -0.2) is 4.98 Å². The maximum atomic E-state index is 5.76. The summed E-state index contributed by atoms with van der Waals surface area (Å²) in [5.41, 5.74) is 1.26. The highest BCUT2D eigenvalue weighted by Crippen LogP contribution is 2.22. The Balaban J connectivity index is 2.18. The monoisotopic (exact) mass is 287 g/mol. The molecule has 4 heteroatoms. The van der Waals surface area contributed by atoms with E-state index in [-0.39, 0.29) is 0 Å². The summed E-state index contributed by atoms with van der Waals surface area (Å²) in [5, 5.41) is 0. The van der Waals surface area contributed by atoms with Crippen molar-refractivity contribution in [1.82, 2.24) is 4.98 Å². The first kappa shape index (κ1) is 10.1. The van der Waals surface area contributed by atoms with Crippen molar-refractivity contribution in [2.24, 2.45) is 0 Å². The second-order valence-corrected chi connectivity index (χ2v) is 5.50. The van der Waals surface area contributed by atoms with Gasteiger partial charge in [-0.3, -0.25) is 0 Å². The molecule has 0 atom stereocenters. The van der Waals surface area contributed by atoms with Crippen LogP contribution >= 0.6 is 38.9 Å². The van der Waals surface area contributed by atoms with Gasteiger partial charge in [-0.2, -0.15) is 0 Å². The zero-order chi connectivity index (χ0) is 9.97. The Kier molecular flexibility index (Phi) is 3.21. The van der Waals surface area contributed by atoms with Gasteiger partial charge in [-0.1, -0.05) is 39.7 Å². The number of thiazole rings is 1. The van der Waals surface area contributed by atoms with Crippen molar-refractivity contribution in [3.63, 3.8) is 0 Å². The van der Waals surface area contributed by atoms with Gasteiger partial charge in [-0.25, -0.2) is 4.98 Å². The van der Waals surface area contributed by atoms with Gasteiger partial charge in [0.1, 0.15) is 0 Å². The lowest BCUT2D eigenvalue weighted by Gasteiger charge is -1.98. The largest absolute Gasteiger partial charge is 0.233 e. The average Bonchev–Trinajstić information content (AvgIpc) is 2.51. The summed E-state index contributed by atoms with van der Waals surface area (Å²) >= 11 is 10.7. The van der Waals surface area contributed by atoms with Crippen LogP contribution in [0.3, 0.4) is 0 Å². The minimum absolute atomic E-state index is 0.606. The summed E-state index contributed by atoms with van der Waals surface area (Å²) < 4.78 is 1.71. The summed E-state index contributed by atoms with van der Waals surface area (Å²) in [6.07, 6.45) is 2.72. The molecule has 0 aliphatic carbocycles. The highest BCUT2D eigenvalue weighted by atomic mass is 79.9. The molecular weight excluding hydrogens is 282 g/mol. The summed E-state index contributed by atoms with van der Waals surface area (Å²) in [6, 6.07) is 8.25. The van der Waals surface area contributed by atoms with E-state index in [2.05, 4.69) is 33.0 Å². The maximum Gasteiger partial charge on any atom is 0.183 e. The van der Waals surface area contributed by atoms with Gasteiger partial charge < -0.3 is 0 Å². The van der Waals surface area contributed by atoms with Gasteiger partial charge >= 0.3 is 0 Å². The molecule has 1 aromatic heterocycles. The second kappa shape index (κ2) is 4.43. The third-order valence-electron chi connectivity index (χ3n) is 1.79. The van der Waals surface area contributed by atoms with Crippen LogP contribution in [0.4, 0.5) is 0 Å². The van der Waals surface area contributed by atoms with E-state index < -0.39 is 0 Å². The number of aromatic nitrogens is 1. The first-order valence-corrected chi connectivity index (χ1v) is 6.07. The van der Waals surface area contributed by atoms with Gasteiger partial charge in [0.15, 0.2) is 4.47 Å². The number of rotatable bonds is 2. The molecular formula is C10H7BrClNS. The third kappa shape index (κ3) is 2.56. The molecule has 14 heavy (non-hydrogen) atoms. The van der Waals surface area contributed by atoms with Crippen LogP contribution in [0.5, 0.6) is 0 Å². The quantitative estimate of drug-likeness (QED) is 0.809. The number of halogens is 2. The lowest BCUT2D eigenvalue weighted by atomic mass is 10.1. The zero-order valence-electron chi connectivity index (χ0n) is 7.21. The molecule has 2 aromatic rings. The summed E-state index contributed by atoms with van der Waals surface area (Å²) in [5.74, 6) is 0. The fourth-order valence-electron chi connectivity index (χ4n) is 1.21. The smallest absolute Gasteiger partial charge is 0.183 e. The molecule has 0 saturated heterocycles. The van der Waals surface area contributed by atoms with E-state index in [0.29, 0.717) is 4.47 Å². The molecule has 1 heterocycles. The van der Waals surface area contributed by atoms with Gasteiger partial charge in [0.2, 0.25) is 0 Å². The first-order valence-electron chi connectivity index (χ1n) is 4.09. The molecule has 0 fully saturated rings. The topological polar surface area (TPSA) is 12.9 Å². The molecule has 0 aliphatic heterocycles. The number of hydrogen-bond donors (Lipinski definition) is 0. The predicted octanol–water partition coefficient (Wildman–Crippen LogP) is 4.15. The van der Waals surface area contributed by atoms with E-state index in [9.17, 15) is 0 Å². The van der Waals surface area contributed by atoms with Crippen molar-refractivity contribution in [1.29, 1.82) is 0 Å². The van der Waals surface area contributed by atoms with Crippen LogP contribution in [0.1, 0.15) is 10.4 Å². The molecule has 1 aromatic carbocycles. The molecule has 0 saturated carbocycles. The minimum Gasteiger partial charge on any atom is -0.233 e. The van der Waals surface area contributed by atoms with E-state index in [1.54, 1.807) is 0 Å². The molecule has 0 amide bonds. The molecule has 0 aliphatic rings. The van der Waals surface area contributed by atoms with Crippen LogP contribution in [-0.2, 0) is 6.42 Å². The van der Waals surface area contributed by atoms with Gasteiger partial charge in [0.25, 0.3) is 0 Å². The van der Waals surface area contributed by atoms with Crippen molar-refractivity contribution >= 4 is 38.9 Å². The summed E-state index contributed by atoms with van der Waals surface area (Å²) in [4.78, 5) is 5.20. The lowest BCUT2D eigenvalue weighted by molar-refractivity contribution is 1.21. The van der Waals surface area contributed by atoms with Crippen molar-refractivity contribution in [2.75, 3.05) is 0 Å². The Labute approximate surface area is 99.9 Å². The van der Waals surface area contributed by atoms with Crippen LogP contribution in [0.15, 0.2) is 34.9 Å². The SMILES string of the molecule is Clc1ncc(Cc2cccc(Br)c2)s1. The van der Waals surface area contributed by atoms with E-state index >= 15 is 0 Å². The maximum absolute atomic E-state index is 5.76. The van der Waals surface area contributed by atoms with Crippen molar-refractivity contribution in [3.8, 4) is 0 Å². The van der Waals surface area contributed by atoms with Crippen LogP contribution in [0, 0.1) is 0 Å². The van der Waals surface area contributed by atoms with Gasteiger partial charge in [-0.15, -0.1) is 11.3 Å². The van der Waals surface area contributed by atoms with Gasteiger partial charge in [0, 0.05) is 22.0 Å². The lowest BCUT2D eigenvalue weighted by Crippen LogP contribution is -1.83. The number of benzene rings is 1. The highest BCUT2D eigenvalue weighted by molar-refractivity contribution is 9.10. The van der Waals surface area contributed by atoms with Crippen molar-refractivity contribution in [3.05, 3.63) is 49.8 Å². The zero-order valence-corrected chi connectivity index (χ0v) is 10.4. The molecule has 0 N–H and O–H groups in total. The molecule has 0 unspecified atom stereocenters. The second-order valence-electron chi connectivity index (χ2n) is 2.89. The summed E-state index contributed by atoms with van der Waals surface area (Å²) in [7, 11) is 0. The Hall–Kier alpha value is -0.380. The van der Waals surface area contributed by atoms with Crippen LogP contribution in [0.25, 0.3) is 0 Å². The van der Waals surface area contributed by atoms with E-state index in [1.165, 1.54) is 21.8 Å². The normalized spacial score (nSPS) is 10.4. The van der Waals surface area contributed by atoms with Crippen LogP contribution < -0.4 is 0 Å². The summed E-state index contributed by atoms with van der Waals surface area (Å²) in [6.45, 7) is 0. The first-order chi connectivity index (χ1) is 6.74. The van der Waals surface area contributed by atoms with Crippen molar-refractivity contribution in [2.45, 2.75) is 6.42 Å². The van der Waals surface area contributed by atoms with Crippen LogP contribution in [0.2, 0.25) is 4.47 Å². The van der Waals surface area contributed by atoms with Crippen molar-refractivity contribution < 1.29 is 0 Å². The Morgan fingerprint density at radius 1 is 1.43 bits per heavy atom. The van der Waals surface area contributed by atoms with Gasteiger partial charge in [0.05, 0.1) is 0 Å². The standard InChI is InChI=1S/C10H7BrClNS/c11-8-3-1-2-7(4-8)5-9-6-13-10(12)14-9/h1-4,6H,5H2. The molecule has 2 rings (SSSR count). The Morgan fingerprint density at radius 3 is 2.93 bits per heavy atom. The molecule has 1 nitrogen and oxygen atoms in total. The van der Waals surface area contributed by atoms with E-state index in [0.717, 1.165) is 10.9 Å². The molecule has 0 bridgehead atoms. The number of hydrogen-bond acceptors (Lipinski definition) is 2. The molecule has 72 valence electrons. The Bertz CT molecular complexity index is 441. The Morgan fingerprint density at radius 2 is 2.29 bits per heavy atom. The minimum atomic E-state index is 0.606.